The lowest BCUT2D eigenvalue weighted by atomic mass is 10.1. The number of ether oxygens (including phenoxy) is 2. The highest BCUT2D eigenvalue weighted by molar-refractivity contribution is 5.71. The minimum atomic E-state index is -0.229. The van der Waals surface area contributed by atoms with E-state index in [9.17, 15) is 4.79 Å². The number of hydrogen-bond donors (Lipinski definition) is 1. The lowest BCUT2D eigenvalue weighted by molar-refractivity contribution is -0.146. The molecule has 1 atom stereocenters. The molecule has 0 aliphatic rings. The van der Waals surface area contributed by atoms with Crippen LogP contribution < -0.4 is 10.1 Å². The van der Waals surface area contributed by atoms with Crippen LogP contribution in [0.15, 0.2) is 24.3 Å². The second kappa shape index (κ2) is 8.64. The molecule has 0 aliphatic heterocycles. The molecule has 0 radical (unpaired) electrons. The van der Waals surface area contributed by atoms with Crippen molar-refractivity contribution in [3.8, 4) is 5.75 Å². The van der Waals surface area contributed by atoms with Crippen LogP contribution >= 0.6 is 0 Å². The highest BCUT2D eigenvalue weighted by Gasteiger charge is 2.15. The maximum absolute atomic E-state index is 11.5. The standard InChI is InChI=1S/C16H26N2O3/c1-12(2)21-16(19)11-17-10-15(18(3)4)13-7-6-8-14(9-13)20-5/h6-9,12,15,17H,10-11H2,1-5H3. The van der Waals surface area contributed by atoms with Crippen LogP contribution in [0.4, 0.5) is 0 Å². The highest BCUT2D eigenvalue weighted by Crippen LogP contribution is 2.21. The lowest BCUT2D eigenvalue weighted by Crippen LogP contribution is -2.34. The largest absolute Gasteiger partial charge is 0.497 e. The van der Waals surface area contributed by atoms with Gasteiger partial charge in [0.05, 0.1) is 19.8 Å². The van der Waals surface area contributed by atoms with Gasteiger partial charge in [-0.15, -0.1) is 0 Å². The zero-order chi connectivity index (χ0) is 15.8. The Labute approximate surface area is 127 Å². The normalized spacial score (nSPS) is 12.5. The molecule has 0 fully saturated rings. The third-order valence-electron chi connectivity index (χ3n) is 3.08. The van der Waals surface area contributed by atoms with Gasteiger partial charge in [0.1, 0.15) is 5.75 Å². The summed E-state index contributed by atoms with van der Waals surface area (Å²) >= 11 is 0. The van der Waals surface area contributed by atoms with E-state index in [2.05, 4.69) is 16.3 Å². The molecule has 1 aromatic carbocycles. The number of likely N-dealkylation sites (N-methyl/N-ethyl adjacent to an activating group) is 1. The molecule has 0 heterocycles. The predicted molar refractivity (Wildman–Crippen MR) is 83.5 cm³/mol. The van der Waals surface area contributed by atoms with Gasteiger partial charge in [-0.05, 0) is 45.6 Å². The number of benzene rings is 1. The molecule has 0 aromatic heterocycles. The molecule has 5 heteroatoms. The van der Waals surface area contributed by atoms with Crippen LogP contribution in [0, 0.1) is 0 Å². The quantitative estimate of drug-likeness (QED) is 0.741. The van der Waals surface area contributed by atoms with E-state index in [0.29, 0.717) is 6.54 Å². The topological polar surface area (TPSA) is 50.8 Å². The first-order chi connectivity index (χ1) is 9.93. The SMILES string of the molecule is COc1cccc(C(CNCC(=O)OC(C)C)N(C)C)c1. The second-order valence-corrected chi connectivity index (χ2v) is 5.43. The number of rotatable bonds is 8. The molecule has 1 unspecified atom stereocenters. The van der Waals surface area contributed by atoms with Crippen LogP contribution in [0.2, 0.25) is 0 Å². The van der Waals surface area contributed by atoms with E-state index in [1.165, 1.54) is 0 Å². The van der Waals surface area contributed by atoms with Crippen molar-refractivity contribution in [1.82, 2.24) is 10.2 Å². The van der Waals surface area contributed by atoms with Crippen molar-refractivity contribution < 1.29 is 14.3 Å². The van der Waals surface area contributed by atoms with E-state index in [4.69, 9.17) is 9.47 Å². The van der Waals surface area contributed by atoms with Gasteiger partial charge in [0.2, 0.25) is 0 Å². The number of methoxy groups -OCH3 is 1. The fraction of sp³-hybridized carbons (Fsp3) is 0.562. The summed E-state index contributed by atoms with van der Waals surface area (Å²) in [5, 5.41) is 3.15. The minimum Gasteiger partial charge on any atom is -0.497 e. The van der Waals surface area contributed by atoms with E-state index in [1.54, 1.807) is 7.11 Å². The van der Waals surface area contributed by atoms with Crippen molar-refractivity contribution >= 4 is 5.97 Å². The van der Waals surface area contributed by atoms with E-state index in [0.717, 1.165) is 11.3 Å². The van der Waals surface area contributed by atoms with Crippen LogP contribution in [0.5, 0.6) is 5.75 Å². The first-order valence-electron chi connectivity index (χ1n) is 7.14. The molecule has 0 saturated heterocycles. The zero-order valence-electron chi connectivity index (χ0n) is 13.6. The van der Waals surface area contributed by atoms with Crippen molar-refractivity contribution in [1.29, 1.82) is 0 Å². The summed E-state index contributed by atoms with van der Waals surface area (Å²) in [6.45, 7) is 4.56. The van der Waals surface area contributed by atoms with Gasteiger partial charge in [-0.2, -0.15) is 0 Å². The maximum Gasteiger partial charge on any atom is 0.320 e. The molecule has 1 N–H and O–H groups in total. The van der Waals surface area contributed by atoms with E-state index >= 15 is 0 Å². The molecule has 0 aliphatic carbocycles. The van der Waals surface area contributed by atoms with Gasteiger partial charge < -0.3 is 19.7 Å². The van der Waals surface area contributed by atoms with Crippen molar-refractivity contribution in [2.45, 2.75) is 26.0 Å². The monoisotopic (exact) mass is 294 g/mol. The van der Waals surface area contributed by atoms with E-state index in [-0.39, 0.29) is 24.7 Å². The van der Waals surface area contributed by atoms with Gasteiger partial charge in [-0.3, -0.25) is 4.79 Å². The van der Waals surface area contributed by atoms with Crippen LogP contribution in [-0.4, -0.2) is 51.3 Å². The Balaban J connectivity index is 2.60. The Morgan fingerprint density at radius 3 is 2.62 bits per heavy atom. The first-order valence-corrected chi connectivity index (χ1v) is 7.14. The van der Waals surface area contributed by atoms with Crippen LogP contribution in [0.25, 0.3) is 0 Å². The summed E-state index contributed by atoms with van der Waals surface area (Å²) in [4.78, 5) is 13.6. The van der Waals surface area contributed by atoms with E-state index < -0.39 is 0 Å². The smallest absolute Gasteiger partial charge is 0.320 e. The number of carbonyl (C=O) groups excluding carboxylic acids is 1. The molecule has 0 spiro atoms. The molecule has 5 nitrogen and oxygen atoms in total. The van der Waals surface area contributed by atoms with Gasteiger partial charge in [-0.1, -0.05) is 12.1 Å². The third-order valence-corrected chi connectivity index (χ3v) is 3.08. The van der Waals surface area contributed by atoms with Gasteiger partial charge in [-0.25, -0.2) is 0 Å². The Kier molecular flexibility index (Phi) is 7.19. The molecule has 118 valence electrons. The average molecular weight is 294 g/mol. The summed E-state index contributed by atoms with van der Waals surface area (Å²) in [5.41, 5.74) is 1.14. The van der Waals surface area contributed by atoms with Crippen LogP contribution in [0.1, 0.15) is 25.5 Å². The Morgan fingerprint density at radius 2 is 2.05 bits per heavy atom. The third kappa shape index (κ3) is 6.14. The van der Waals surface area contributed by atoms with Gasteiger partial charge >= 0.3 is 5.97 Å². The van der Waals surface area contributed by atoms with Gasteiger partial charge in [0.15, 0.2) is 0 Å². The molecular formula is C16H26N2O3. The number of esters is 1. The van der Waals surface area contributed by atoms with E-state index in [1.807, 2.05) is 46.1 Å². The number of hydrogen-bond acceptors (Lipinski definition) is 5. The summed E-state index contributed by atoms with van der Waals surface area (Å²) in [5.74, 6) is 0.603. The van der Waals surface area contributed by atoms with Crippen molar-refractivity contribution in [3.63, 3.8) is 0 Å². The molecule has 1 aromatic rings. The first kappa shape index (κ1) is 17.5. The Bertz CT molecular complexity index is 447. The summed E-state index contributed by atoms with van der Waals surface area (Å²) in [7, 11) is 5.68. The molecule has 0 amide bonds. The highest BCUT2D eigenvalue weighted by atomic mass is 16.5. The number of carbonyl (C=O) groups is 1. The summed E-state index contributed by atoms with van der Waals surface area (Å²) < 4.78 is 10.4. The average Bonchev–Trinajstić information content (AvgIpc) is 2.42. The fourth-order valence-corrected chi connectivity index (χ4v) is 2.06. The summed E-state index contributed by atoms with van der Waals surface area (Å²) in [6.07, 6.45) is -0.0812. The minimum absolute atomic E-state index is 0.0812. The maximum atomic E-state index is 11.5. The van der Waals surface area contributed by atoms with Crippen LogP contribution in [0.3, 0.4) is 0 Å². The fourth-order valence-electron chi connectivity index (χ4n) is 2.06. The molecule has 0 saturated carbocycles. The van der Waals surface area contributed by atoms with Crippen LogP contribution in [-0.2, 0) is 9.53 Å². The molecule has 1 rings (SSSR count). The van der Waals surface area contributed by atoms with Gasteiger partial charge in [0, 0.05) is 12.6 Å². The summed E-state index contributed by atoms with van der Waals surface area (Å²) in [6, 6.07) is 8.12. The van der Waals surface area contributed by atoms with Crippen molar-refractivity contribution in [2.75, 3.05) is 34.3 Å². The second-order valence-electron chi connectivity index (χ2n) is 5.43. The molecule has 0 bridgehead atoms. The molecular weight excluding hydrogens is 268 g/mol. The van der Waals surface area contributed by atoms with Crippen molar-refractivity contribution in [2.24, 2.45) is 0 Å². The van der Waals surface area contributed by atoms with Gasteiger partial charge in [0.25, 0.3) is 0 Å². The van der Waals surface area contributed by atoms with Crippen molar-refractivity contribution in [3.05, 3.63) is 29.8 Å². The Morgan fingerprint density at radius 1 is 1.33 bits per heavy atom. The number of nitrogens with one attached hydrogen (secondary N) is 1. The predicted octanol–water partition coefficient (Wildman–Crippen LogP) is 1.84. The lowest BCUT2D eigenvalue weighted by Gasteiger charge is -2.25. The number of nitrogens with zero attached hydrogens (tertiary/aromatic N) is 1. The molecule has 21 heavy (non-hydrogen) atoms. The zero-order valence-corrected chi connectivity index (χ0v) is 13.6. The Hall–Kier alpha value is -1.59.